The Morgan fingerprint density at radius 3 is 2.19 bits per heavy atom. The second-order valence-corrected chi connectivity index (χ2v) is 2.49. The monoisotopic (exact) mass is 224 g/mol. The van der Waals surface area contributed by atoms with Crippen LogP contribution in [0.5, 0.6) is 0 Å². The third kappa shape index (κ3) is 2.82. The Balaban J connectivity index is 0.000000509. The lowest BCUT2D eigenvalue weighted by Crippen LogP contribution is -2.01. The lowest BCUT2D eigenvalue weighted by atomic mass is 10.5. The van der Waals surface area contributed by atoms with Gasteiger partial charge in [-0.1, -0.05) is 27.7 Å². The molecule has 16 heavy (non-hydrogen) atoms. The number of aromatic nitrogens is 4. The summed E-state index contributed by atoms with van der Waals surface area (Å²) in [5, 5.41) is 0. The van der Waals surface area contributed by atoms with Crippen LogP contribution in [0.25, 0.3) is 11.2 Å². The number of nitrogen functional groups attached to an aromatic ring is 2. The zero-order valence-electron chi connectivity index (χ0n) is 10.5. The highest BCUT2D eigenvalue weighted by Crippen LogP contribution is 2.15. The van der Waals surface area contributed by atoms with E-state index in [4.69, 9.17) is 11.5 Å². The predicted molar refractivity (Wildman–Crippen MR) is 67.8 cm³/mol. The summed E-state index contributed by atoms with van der Waals surface area (Å²) in [4.78, 5) is 11.8. The lowest BCUT2D eigenvalue weighted by Gasteiger charge is -1.96. The van der Waals surface area contributed by atoms with Crippen LogP contribution in [0.4, 0.5) is 11.8 Å². The highest BCUT2D eigenvalue weighted by atomic mass is 15.1. The summed E-state index contributed by atoms with van der Waals surface area (Å²) in [7, 11) is 1.82. The number of nitrogens with zero attached hydrogens (tertiary/aromatic N) is 4. The molecule has 0 unspecified atom stereocenters. The second-order valence-electron chi connectivity index (χ2n) is 2.49. The number of aryl methyl sites for hydroxylation is 1. The maximum absolute atomic E-state index is 5.56. The number of hydrogen-bond donors (Lipinski definition) is 2. The molecule has 0 aromatic carbocycles. The van der Waals surface area contributed by atoms with Gasteiger partial charge < -0.3 is 16.0 Å². The largest absolute Gasteiger partial charge is 0.382 e. The molecule has 2 aromatic heterocycles. The molecule has 2 heterocycles. The smallest absolute Gasteiger partial charge is 0.224 e. The Hall–Kier alpha value is -1.85. The molecule has 0 bridgehead atoms. The molecule has 0 amide bonds. The van der Waals surface area contributed by atoms with Crippen LogP contribution >= 0.6 is 0 Å². The van der Waals surface area contributed by atoms with Gasteiger partial charge >= 0.3 is 0 Å². The Morgan fingerprint density at radius 2 is 1.62 bits per heavy atom. The van der Waals surface area contributed by atoms with E-state index in [1.165, 1.54) is 0 Å². The summed E-state index contributed by atoms with van der Waals surface area (Å²) in [5.41, 5.74) is 12.2. The molecule has 0 atom stereocenters. The first kappa shape index (κ1) is 14.2. The van der Waals surface area contributed by atoms with Gasteiger partial charge in [-0.25, -0.2) is 4.98 Å². The number of anilines is 2. The summed E-state index contributed by atoms with van der Waals surface area (Å²) < 4.78 is 1.74. The van der Waals surface area contributed by atoms with E-state index in [-0.39, 0.29) is 5.95 Å². The third-order valence-corrected chi connectivity index (χ3v) is 1.60. The molecule has 0 radical (unpaired) electrons. The standard InChI is InChI=1S/C6H8N6.2C2H6/c1-12-2-9-3-4(7)10-6(8)11-5(3)12;2*1-2/h2H,1H3,(H4,7,8,10,11);2*1-2H3. The molecular weight excluding hydrogens is 204 g/mol. The topological polar surface area (TPSA) is 95.6 Å². The van der Waals surface area contributed by atoms with Gasteiger partial charge in [0.2, 0.25) is 5.95 Å². The quantitative estimate of drug-likeness (QED) is 0.708. The fourth-order valence-corrected chi connectivity index (χ4v) is 1.05. The van der Waals surface area contributed by atoms with Gasteiger partial charge in [-0.05, 0) is 0 Å². The first-order chi connectivity index (χ1) is 7.68. The van der Waals surface area contributed by atoms with E-state index in [1.807, 2.05) is 34.7 Å². The van der Waals surface area contributed by atoms with Gasteiger partial charge in [0, 0.05) is 7.05 Å². The number of imidazole rings is 1. The second kappa shape index (κ2) is 6.60. The normalized spacial score (nSPS) is 8.81. The van der Waals surface area contributed by atoms with Gasteiger partial charge in [-0.15, -0.1) is 0 Å². The number of fused-ring (bicyclic) bond motifs is 1. The minimum absolute atomic E-state index is 0.170. The highest BCUT2D eigenvalue weighted by molar-refractivity contribution is 5.82. The number of nitrogens with two attached hydrogens (primary N) is 2. The van der Waals surface area contributed by atoms with Gasteiger partial charge in [0.15, 0.2) is 11.5 Å². The van der Waals surface area contributed by atoms with E-state index in [1.54, 1.807) is 10.9 Å². The van der Waals surface area contributed by atoms with Crippen LogP contribution in [0.2, 0.25) is 0 Å². The molecular formula is C10H20N6. The fourth-order valence-electron chi connectivity index (χ4n) is 1.05. The van der Waals surface area contributed by atoms with Crippen LogP contribution in [-0.4, -0.2) is 19.5 Å². The molecule has 0 saturated heterocycles. The average molecular weight is 224 g/mol. The molecule has 0 spiro atoms. The van der Waals surface area contributed by atoms with Crippen molar-refractivity contribution in [1.82, 2.24) is 19.5 Å². The molecule has 6 nitrogen and oxygen atoms in total. The summed E-state index contributed by atoms with van der Waals surface area (Å²) in [6, 6.07) is 0. The van der Waals surface area contributed by atoms with Crippen molar-refractivity contribution < 1.29 is 0 Å². The van der Waals surface area contributed by atoms with Crippen molar-refractivity contribution in [2.24, 2.45) is 7.05 Å². The number of hydrogen-bond acceptors (Lipinski definition) is 5. The van der Waals surface area contributed by atoms with Crippen molar-refractivity contribution in [3.63, 3.8) is 0 Å². The van der Waals surface area contributed by atoms with Gasteiger partial charge in [-0.2, -0.15) is 9.97 Å². The molecule has 0 saturated carbocycles. The maximum Gasteiger partial charge on any atom is 0.224 e. The number of rotatable bonds is 0. The van der Waals surface area contributed by atoms with E-state index >= 15 is 0 Å². The molecule has 4 N–H and O–H groups in total. The average Bonchev–Trinajstić information content (AvgIpc) is 2.67. The molecule has 2 rings (SSSR count). The minimum atomic E-state index is 0.170. The van der Waals surface area contributed by atoms with Crippen LogP contribution in [-0.2, 0) is 7.05 Å². The van der Waals surface area contributed by atoms with E-state index < -0.39 is 0 Å². The lowest BCUT2D eigenvalue weighted by molar-refractivity contribution is 0.930. The summed E-state index contributed by atoms with van der Waals surface area (Å²) in [6.45, 7) is 8.00. The van der Waals surface area contributed by atoms with Crippen LogP contribution < -0.4 is 11.5 Å². The Bertz CT molecular complexity index is 434. The molecule has 0 fully saturated rings. The van der Waals surface area contributed by atoms with Crippen molar-refractivity contribution in [3.05, 3.63) is 6.33 Å². The predicted octanol–water partition coefficient (Wildman–Crippen LogP) is 1.58. The molecule has 0 aliphatic rings. The first-order valence-corrected chi connectivity index (χ1v) is 5.38. The summed E-state index contributed by atoms with van der Waals surface area (Å²) >= 11 is 0. The molecule has 0 aliphatic carbocycles. The van der Waals surface area contributed by atoms with Gasteiger partial charge in [0.1, 0.15) is 5.52 Å². The summed E-state index contributed by atoms with van der Waals surface area (Å²) in [5.74, 6) is 0.488. The fraction of sp³-hybridized carbons (Fsp3) is 0.500. The van der Waals surface area contributed by atoms with Gasteiger partial charge in [0.25, 0.3) is 0 Å². The van der Waals surface area contributed by atoms with Crippen LogP contribution in [0, 0.1) is 0 Å². The van der Waals surface area contributed by atoms with Crippen molar-refractivity contribution in [3.8, 4) is 0 Å². The zero-order valence-corrected chi connectivity index (χ0v) is 10.5. The van der Waals surface area contributed by atoms with Crippen molar-refractivity contribution in [2.45, 2.75) is 27.7 Å². The maximum atomic E-state index is 5.56. The highest BCUT2D eigenvalue weighted by Gasteiger charge is 2.06. The third-order valence-electron chi connectivity index (χ3n) is 1.60. The van der Waals surface area contributed by atoms with Crippen molar-refractivity contribution >= 4 is 22.9 Å². The van der Waals surface area contributed by atoms with Crippen molar-refractivity contribution in [2.75, 3.05) is 11.5 Å². The minimum Gasteiger partial charge on any atom is -0.382 e. The Kier molecular flexibility index (Phi) is 5.84. The SMILES string of the molecule is CC.CC.Cn1cnc2c(N)nc(N)nc21. The zero-order chi connectivity index (χ0) is 12.7. The van der Waals surface area contributed by atoms with E-state index in [2.05, 4.69) is 15.0 Å². The van der Waals surface area contributed by atoms with Gasteiger partial charge in [0.05, 0.1) is 6.33 Å². The van der Waals surface area contributed by atoms with Crippen molar-refractivity contribution in [1.29, 1.82) is 0 Å². The van der Waals surface area contributed by atoms with Crippen LogP contribution in [0.1, 0.15) is 27.7 Å². The van der Waals surface area contributed by atoms with Gasteiger partial charge in [-0.3, -0.25) is 0 Å². The Morgan fingerprint density at radius 1 is 1.06 bits per heavy atom. The molecule has 90 valence electrons. The summed E-state index contributed by atoms with van der Waals surface area (Å²) in [6.07, 6.45) is 1.62. The van der Waals surface area contributed by atoms with E-state index in [9.17, 15) is 0 Å². The van der Waals surface area contributed by atoms with E-state index in [0.717, 1.165) is 0 Å². The first-order valence-electron chi connectivity index (χ1n) is 5.38. The van der Waals surface area contributed by atoms with E-state index in [0.29, 0.717) is 17.0 Å². The molecule has 2 aromatic rings. The van der Waals surface area contributed by atoms with Crippen LogP contribution in [0.15, 0.2) is 6.33 Å². The Labute approximate surface area is 95.7 Å². The molecule has 6 heteroatoms. The molecule has 0 aliphatic heterocycles. The van der Waals surface area contributed by atoms with Crippen LogP contribution in [0.3, 0.4) is 0 Å².